The Hall–Kier alpha value is -1.50. The first-order valence-corrected chi connectivity index (χ1v) is 9.05. The van der Waals surface area contributed by atoms with Gasteiger partial charge in [-0.2, -0.15) is 0 Å². The zero-order chi connectivity index (χ0) is 17.3. The molecule has 3 heterocycles. The molecule has 2 atom stereocenters. The van der Waals surface area contributed by atoms with Crippen molar-refractivity contribution in [3.05, 3.63) is 35.6 Å². The largest absolute Gasteiger partial charge is 0.380 e. The van der Waals surface area contributed by atoms with Gasteiger partial charge < -0.3 is 14.4 Å². The van der Waals surface area contributed by atoms with Crippen LogP contribution in [0.2, 0.25) is 0 Å². The molecular weight excluding hydrogens is 323 g/mol. The van der Waals surface area contributed by atoms with Gasteiger partial charge in [0.25, 0.3) is 0 Å². The molecule has 5 nitrogen and oxygen atoms in total. The minimum absolute atomic E-state index is 0.124. The van der Waals surface area contributed by atoms with Crippen LogP contribution in [-0.2, 0) is 20.8 Å². The highest BCUT2D eigenvalue weighted by molar-refractivity contribution is 5.77. The number of benzene rings is 1. The lowest BCUT2D eigenvalue weighted by molar-refractivity contribution is -0.138. The summed E-state index contributed by atoms with van der Waals surface area (Å²) in [5.41, 5.74) is 0.596. The van der Waals surface area contributed by atoms with Gasteiger partial charge in [-0.1, -0.05) is 18.2 Å². The number of rotatable bonds is 4. The molecule has 136 valence electrons. The Morgan fingerprint density at radius 1 is 1.24 bits per heavy atom. The van der Waals surface area contributed by atoms with E-state index in [1.807, 2.05) is 17.0 Å². The topological polar surface area (TPSA) is 42.0 Å². The van der Waals surface area contributed by atoms with Crippen LogP contribution in [0.15, 0.2) is 24.3 Å². The van der Waals surface area contributed by atoms with E-state index in [9.17, 15) is 9.18 Å². The standard InChI is InChI=1S/C19H25FN2O3/c20-17-4-2-1-3-15(17)10-21-11-16-12-25-14-19(16,13-21)9-18(23)22-5-7-24-8-6-22/h1-4,16H,5-14H2/t16-,19+/m1/s1. The quantitative estimate of drug-likeness (QED) is 0.827. The van der Waals surface area contributed by atoms with Gasteiger partial charge in [-0.15, -0.1) is 0 Å². The predicted molar refractivity (Wildman–Crippen MR) is 90.4 cm³/mol. The second-order valence-electron chi connectivity index (χ2n) is 7.51. The monoisotopic (exact) mass is 348 g/mol. The predicted octanol–water partition coefficient (Wildman–Crippen LogP) is 1.52. The minimum atomic E-state index is -0.158. The summed E-state index contributed by atoms with van der Waals surface area (Å²) in [6, 6.07) is 6.93. The van der Waals surface area contributed by atoms with Gasteiger partial charge in [0, 0.05) is 56.0 Å². The summed E-state index contributed by atoms with van der Waals surface area (Å²) >= 11 is 0. The third-order valence-electron chi connectivity index (χ3n) is 5.81. The number of morpholine rings is 1. The molecule has 3 aliphatic rings. The van der Waals surface area contributed by atoms with E-state index in [1.54, 1.807) is 6.07 Å². The molecule has 25 heavy (non-hydrogen) atoms. The number of nitrogens with zero attached hydrogens (tertiary/aromatic N) is 2. The molecule has 0 unspecified atom stereocenters. The van der Waals surface area contributed by atoms with E-state index in [0.717, 1.165) is 18.7 Å². The van der Waals surface area contributed by atoms with E-state index in [0.29, 0.717) is 58.4 Å². The zero-order valence-corrected chi connectivity index (χ0v) is 14.5. The van der Waals surface area contributed by atoms with Gasteiger partial charge >= 0.3 is 0 Å². The lowest BCUT2D eigenvalue weighted by atomic mass is 9.77. The number of halogens is 1. The van der Waals surface area contributed by atoms with Gasteiger partial charge in [-0.25, -0.2) is 4.39 Å². The molecule has 1 aromatic rings. The van der Waals surface area contributed by atoms with Crippen molar-refractivity contribution in [2.24, 2.45) is 11.3 Å². The first-order chi connectivity index (χ1) is 12.2. The average molecular weight is 348 g/mol. The maximum absolute atomic E-state index is 14.0. The molecule has 0 N–H and O–H groups in total. The fourth-order valence-corrected chi connectivity index (χ4v) is 4.41. The van der Waals surface area contributed by atoms with E-state index in [2.05, 4.69) is 4.90 Å². The van der Waals surface area contributed by atoms with Crippen molar-refractivity contribution in [1.29, 1.82) is 0 Å². The molecule has 0 radical (unpaired) electrons. The Morgan fingerprint density at radius 2 is 2.04 bits per heavy atom. The van der Waals surface area contributed by atoms with Gasteiger partial charge in [-0.05, 0) is 6.07 Å². The lowest BCUT2D eigenvalue weighted by Crippen LogP contribution is -2.44. The number of likely N-dealkylation sites (tertiary alicyclic amines) is 1. The van der Waals surface area contributed by atoms with E-state index in [4.69, 9.17) is 9.47 Å². The fourth-order valence-electron chi connectivity index (χ4n) is 4.41. The number of hydrogen-bond acceptors (Lipinski definition) is 4. The molecule has 3 fully saturated rings. The Morgan fingerprint density at radius 3 is 2.84 bits per heavy atom. The number of hydrogen-bond donors (Lipinski definition) is 0. The molecule has 1 amide bonds. The Kier molecular flexibility index (Phi) is 4.75. The zero-order valence-electron chi connectivity index (χ0n) is 14.5. The summed E-state index contributed by atoms with van der Waals surface area (Å²) in [5.74, 6) is 0.394. The van der Waals surface area contributed by atoms with Gasteiger partial charge in [0.15, 0.2) is 0 Å². The van der Waals surface area contributed by atoms with Crippen molar-refractivity contribution in [2.75, 3.05) is 52.6 Å². The number of amides is 1. The second-order valence-corrected chi connectivity index (χ2v) is 7.51. The Balaban J connectivity index is 1.43. The van der Waals surface area contributed by atoms with Gasteiger partial charge in [0.2, 0.25) is 5.91 Å². The molecule has 0 bridgehead atoms. The normalized spacial score (nSPS) is 29.8. The van der Waals surface area contributed by atoms with E-state index >= 15 is 0 Å². The molecule has 3 aliphatic heterocycles. The molecule has 0 aromatic heterocycles. The summed E-state index contributed by atoms with van der Waals surface area (Å²) in [5, 5.41) is 0. The molecule has 1 aromatic carbocycles. The maximum Gasteiger partial charge on any atom is 0.223 e. The third-order valence-corrected chi connectivity index (χ3v) is 5.81. The molecule has 0 saturated carbocycles. The van der Waals surface area contributed by atoms with Crippen molar-refractivity contribution in [2.45, 2.75) is 13.0 Å². The van der Waals surface area contributed by atoms with Crippen molar-refractivity contribution in [1.82, 2.24) is 9.80 Å². The summed E-state index contributed by atoms with van der Waals surface area (Å²) in [6.07, 6.45) is 0.519. The van der Waals surface area contributed by atoms with E-state index in [-0.39, 0.29) is 17.1 Å². The van der Waals surface area contributed by atoms with Crippen LogP contribution in [0.4, 0.5) is 4.39 Å². The SMILES string of the molecule is O=C(C[C@]12COC[C@H]1CN(Cc1ccccc1F)C2)N1CCOCC1. The first kappa shape index (κ1) is 16.9. The molecular formula is C19H25FN2O3. The summed E-state index contributed by atoms with van der Waals surface area (Å²) in [7, 11) is 0. The number of ether oxygens (including phenoxy) is 2. The van der Waals surface area contributed by atoms with Crippen LogP contribution in [0.1, 0.15) is 12.0 Å². The summed E-state index contributed by atoms with van der Waals surface area (Å²) in [6.45, 7) is 6.18. The molecule has 4 rings (SSSR count). The van der Waals surface area contributed by atoms with Crippen LogP contribution in [0.25, 0.3) is 0 Å². The van der Waals surface area contributed by atoms with Crippen LogP contribution in [-0.4, -0.2) is 68.3 Å². The maximum atomic E-state index is 14.0. The number of carbonyl (C=O) groups excluding carboxylic acids is 1. The molecule has 6 heteroatoms. The van der Waals surface area contributed by atoms with Crippen LogP contribution in [0.5, 0.6) is 0 Å². The Bertz CT molecular complexity index is 635. The summed E-state index contributed by atoms with van der Waals surface area (Å²) < 4.78 is 25.0. The smallest absolute Gasteiger partial charge is 0.223 e. The van der Waals surface area contributed by atoms with Gasteiger partial charge in [-0.3, -0.25) is 9.69 Å². The first-order valence-electron chi connectivity index (χ1n) is 9.05. The van der Waals surface area contributed by atoms with Crippen molar-refractivity contribution in [3.8, 4) is 0 Å². The van der Waals surface area contributed by atoms with Crippen molar-refractivity contribution >= 4 is 5.91 Å². The van der Waals surface area contributed by atoms with Crippen LogP contribution in [0, 0.1) is 17.2 Å². The van der Waals surface area contributed by atoms with Crippen molar-refractivity contribution < 1.29 is 18.7 Å². The average Bonchev–Trinajstić information content (AvgIpc) is 3.14. The van der Waals surface area contributed by atoms with Gasteiger partial charge in [0.1, 0.15) is 5.82 Å². The number of carbonyl (C=O) groups is 1. The van der Waals surface area contributed by atoms with E-state index < -0.39 is 0 Å². The lowest BCUT2D eigenvalue weighted by Gasteiger charge is -2.32. The molecule has 0 aliphatic carbocycles. The highest BCUT2D eigenvalue weighted by Gasteiger charge is 2.51. The summed E-state index contributed by atoms with van der Waals surface area (Å²) in [4.78, 5) is 16.9. The van der Waals surface area contributed by atoms with Crippen LogP contribution < -0.4 is 0 Å². The van der Waals surface area contributed by atoms with Crippen molar-refractivity contribution in [3.63, 3.8) is 0 Å². The van der Waals surface area contributed by atoms with Crippen LogP contribution in [0.3, 0.4) is 0 Å². The molecule has 0 spiro atoms. The number of fused-ring (bicyclic) bond motifs is 1. The second kappa shape index (κ2) is 7.02. The molecule has 3 saturated heterocycles. The highest BCUT2D eigenvalue weighted by atomic mass is 19.1. The Labute approximate surface area is 147 Å². The highest BCUT2D eigenvalue weighted by Crippen LogP contribution is 2.44. The van der Waals surface area contributed by atoms with Crippen LogP contribution >= 0.6 is 0 Å². The third kappa shape index (κ3) is 3.43. The van der Waals surface area contributed by atoms with Gasteiger partial charge in [0.05, 0.1) is 26.4 Å². The minimum Gasteiger partial charge on any atom is -0.380 e. The van der Waals surface area contributed by atoms with E-state index in [1.165, 1.54) is 6.07 Å². The fraction of sp³-hybridized carbons (Fsp3) is 0.632.